The standard InChI is InChI=1S/C11H22N2O/c1-9(2)13-11(14)8-12-7-10-5-3-4-6-10/h9-10,12H,3-8H2,1-2H3,(H,13,14). The largest absolute Gasteiger partial charge is 0.353 e. The summed E-state index contributed by atoms with van der Waals surface area (Å²) in [5.74, 6) is 0.917. The van der Waals surface area contributed by atoms with Gasteiger partial charge in [0.25, 0.3) is 0 Å². The third kappa shape index (κ3) is 4.61. The molecule has 0 aromatic heterocycles. The third-order valence-electron chi connectivity index (χ3n) is 2.64. The number of carbonyl (C=O) groups is 1. The Morgan fingerprint density at radius 2 is 2.00 bits per heavy atom. The van der Waals surface area contributed by atoms with Gasteiger partial charge in [0.05, 0.1) is 6.54 Å². The molecule has 1 saturated carbocycles. The maximum atomic E-state index is 11.3. The lowest BCUT2D eigenvalue weighted by Crippen LogP contribution is -2.38. The Morgan fingerprint density at radius 1 is 1.36 bits per heavy atom. The van der Waals surface area contributed by atoms with E-state index in [0.29, 0.717) is 6.54 Å². The highest BCUT2D eigenvalue weighted by molar-refractivity contribution is 5.78. The highest BCUT2D eigenvalue weighted by Gasteiger charge is 2.14. The van der Waals surface area contributed by atoms with E-state index in [1.807, 2.05) is 13.8 Å². The molecule has 14 heavy (non-hydrogen) atoms. The summed E-state index contributed by atoms with van der Waals surface area (Å²) in [6, 6.07) is 0.246. The Morgan fingerprint density at radius 3 is 2.57 bits per heavy atom. The first kappa shape index (κ1) is 11.5. The molecule has 1 rings (SSSR count). The summed E-state index contributed by atoms with van der Waals surface area (Å²) in [4.78, 5) is 11.3. The van der Waals surface area contributed by atoms with Gasteiger partial charge in [-0.2, -0.15) is 0 Å². The molecule has 1 aliphatic carbocycles. The van der Waals surface area contributed by atoms with E-state index < -0.39 is 0 Å². The van der Waals surface area contributed by atoms with Crippen LogP contribution in [0, 0.1) is 5.92 Å². The smallest absolute Gasteiger partial charge is 0.234 e. The Balaban J connectivity index is 1.99. The molecule has 3 heteroatoms. The Hall–Kier alpha value is -0.570. The van der Waals surface area contributed by atoms with Gasteiger partial charge in [-0.3, -0.25) is 4.79 Å². The van der Waals surface area contributed by atoms with Crippen molar-refractivity contribution < 1.29 is 4.79 Å². The van der Waals surface area contributed by atoms with E-state index in [1.165, 1.54) is 25.7 Å². The predicted molar refractivity (Wildman–Crippen MR) is 58.1 cm³/mol. The van der Waals surface area contributed by atoms with Crippen LogP contribution in [0.25, 0.3) is 0 Å². The van der Waals surface area contributed by atoms with E-state index in [4.69, 9.17) is 0 Å². The lowest BCUT2D eigenvalue weighted by Gasteiger charge is -2.11. The summed E-state index contributed by atoms with van der Waals surface area (Å²) in [6.45, 7) is 5.43. The summed E-state index contributed by atoms with van der Waals surface area (Å²) >= 11 is 0. The van der Waals surface area contributed by atoms with Crippen LogP contribution in [0.3, 0.4) is 0 Å². The second-order valence-electron chi connectivity index (χ2n) is 4.50. The Kier molecular flexibility index (Phi) is 4.94. The molecular weight excluding hydrogens is 176 g/mol. The zero-order chi connectivity index (χ0) is 10.4. The fourth-order valence-electron chi connectivity index (χ4n) is 1.98. The van der Waals surface area contributed by atoms with E-state index in [-0.39, 0.29) is 11.9 Å². The van der Waals surface area contributed by atoms with Gasteiger partial charge in [0.15, 0.2) is 0 Å². The van der Waals surface area contributed by atoms with Crippen molar-refractivity contribution in [3.63, 3.8) is 0 Å². The van der Waals surface area contributed by atoms with E-state index in [9.17, 15) is 4.79 Å². The van der Waals surface area contributed by atoms with Gasteiger partial charge in [0, 0.05) is 6.04 Å². The molecule has 0 aromatic rings. The highest BCUT2D eigenvalue weighted by atomic mass is 16.1. The van der Waals surface area contributed by atoms with Crippen molar-refractivity contribution in [3.05, 3.63) is 0 Å². The van der Waals surface area contributed by atoms with Gasteiger partial charge < -0.3 is 10.6 Å². The quantitative estimate of drug-likeness (QED) is 0.699. The lowest BCUT2D eigenvalue weighted by molar-refractivity contribution is -0.120. The molecule has 0 saturated heterocycles. The Bertz CT molecular complexity index is 174. The monoisotopic (exact) mass is 198 g/mol. The second-order valence-corrected chi connectivity index (χ2v) is 4.50. The minimum Gasteiger partial charge on any atom is -0.353 e. The Labute approximate surface area is 86.6 Å². The average Bonchev–Trinajstić information content (AvgIpc) is 2.55. The molecule has 0 aliphatic heterocycles. The number of rotatable bonds is 5. The molecule has 0 bridgehead atoms. The third-order valence-corrected chi connectivity index (χ3v) is 2.64. The first-order valence-corrected chi connectivity index (χ1v) is 5.68. The SMILES string of the molecule is CC(C)NC(=O)CNCC1CCCC1. The molecule has 1 aliphatic rings. The van der Waals surface area contributed by atoms with E-state index in [0.717, 1.165) is 12.5 Å². The van der Waals surface area contributed by atoms with Crippen LogP contribution in [0.1, 0.15) is 39.5 Å². The van der Waals surface area contributed by atoms with Gasteiger partial charge in [-0.1, -0.05) is 12.8 Å². The number of amides is 1. The summed E-state index contributed by atoms with van der Waals surface area (Å²) in [5.41, 5.74) is 0. The van der Waals surface area contributed by atoms with Gasteiger partial charge in [-0.05, 0) is 39.2 Å². The molecule has 0 heterocycles. The summed E-state index contributed by atoms with van der Waals surface area (Å²) < 4.78 is 0. The molecule has 0 spiro atoms. The first-order valence-electron chi connectivity index (χ1n) is 5.68. The van der Waals surface area contributed by atoms with Gasteiger partial charge in [0.2, 0.25) is 5.91 Å². The molecular formula is C11H22N2O. The van der Waals surface area contributed by atoms with Gasteiger partial charge >= 0.3 is 0 Å². The van der Waals surface area contributed by atoms with E-state index >= 15 is 0 Å². The minimum atomic E-state index is 0.109. The average molecular weight is 198 g/mol. The fourth-order valence-corrected chi connectivity index (χ4v) is 1.98. The normalized spacial score (nSPS) is 17.6. The van der Waals surface area contributed by atoms with Crippen LogP contribution < -0.4 is 10.6 Å². The molecule has 1 amide bonds. The number of hydrogen-bond donors (Lipinski definition) is 2. The van der Waals surface area contributed by atoms with Crippen LogP contribution in [-0.2, 0) is 4.79 Å². The molecule has 0 atom stereocenters. The second kappa shape index (κ2) is 6.02. The van der Waals surface area contributed by atoms with Crippen LogP contribution in [-0.4, -0.2) is 25.0 Å². The zero-order valence-corrected chi connectivity index (χ0v) is 9.31. The minimum absolute atomic E-state index is 0.109. The first-order chi connectivity index (χ1) is 6.68. The van der Waals surface area contributed by atoms with Crippen molar-refractivity contribution in [1.29, 1.82) is 0 Å². The van der Waals surface area contributed by atoms with E-state index in [2.05, 4.69) is 10.6 Å². The van der Waals surface area contributed by atoms with Crippen LogP contribution in [0.2, 0.25) is 0 Å². The van der Waals surface area contributed by atoms with Gasteiger partial charge in [-0.15, -0.1) is 0 Å². The molecule has 2 N–H and O–H groups in total. The maximum absolute atomic E-state index is 11.3. The van der Waals surface area contributed by atoms with Crippen LogP contribution in [0.5, 0.6) is 0 Å². The number of hydrogen-bond acceptors (Lipinski definition) is 2. The van der Waals surface area contributed by atoms with Crippen molar-refractivity contribution in [3.8, 4) is 0 Å². The molecule has 82 valence electrons. The number of nitrogens with one attached hydrogen (secondary N) is 2. The van der Waals surface area contributed by atoms with Crippen molar-refractivity contribution in [2.45, 2.75) is 45.6 Å². The van der Waals surface area contributed by atoms with Crippen molar-refractivity contribution in [2.75, 3.05) is 13.1 Å². The predicted octanol–water partition coefficient (Wildman–Crippen LogP) is 1.29. The molecule has 0 aromatic carbocycles. The van der Waals surface area contributed by atoms with Crippen LogP contribution >= 0.6 is 0 Å². The van der Waals surface area contributed by atoms with Gasteiger partial charge in [0.1, 0.15) is 0 Å². The fraction of sp³-hybridized carbons (Fsp3) is 0.909. The molecule has 0 radical (unpaired) electrons. The lowest BCUT2D eigenvalue weighted by atomic mass is 10.1. The van der Waals surface area contributed by atoms with Gasteiger partial charge in [-0.25, -0.2) is 0 Å². The van der Waals surface area contributed by atoms with Crippen LogP contribution in [0.4, 0.5) is 0 Å². The van der Waals surface area contributed by atoms with Crippen molar-refractivity contribution in [2.24, 2.45) is 5.92 Å². The molecule has 0 unspecified atom stereocenters. The van der Waals surface area contributed by atoms with Crippen molar-refractivity contribution >= 4 is 5.91 Å². The van der Waals surface area contributed by atoms with Crippen molar-refractivity contribution in [1.82, 2.24) is 10.6 Å². The summed E-state index contributed by atoms with van der Waals surface area (Å²) in [5, 5.41) is 6.09. The number of carbonyl (C=O) groups excluding carboxylic acids is 1. The van der Waals surface area contributed by atoms with Crippen LogP contribution in [0.15, 0.2) is 0 Å². The van der Waals surface area contributed by atoms with E-state index in [1.54, 1.807) is 0 Å². The summed E-state index contributed by atoms with van der Waals surface area (Å²) in [7, 11) is 0. The topological polar surface area (TPSA) is 41.1 Å². The zero-order valence-electron chi connectivity index (χ0n) is 9.31. The molecule has 3 nitrogen and oxygen atoms in total. The summed E-state index contributed by atoms with van der Waals surface area (Å²) in [6.07, 6.45) is 5.40. The highest BCUT2D eigenvalue weighted by Crippen LogP contribution is 2.23. The molecule has 1 fully saturated rings. The maximum Gasteiger partial charge on any atom is 0.234 e.